The van der Waals surface area contributed by atoms with E-state index in [9.17, 15) is 4.79 Å². The Morgan fingerprint density at radius 3 is 2.81 bits per heavy atom. The second-order valence-electron chi connectivity index (χ2n) is 6.56. The number of rotatable bonds is 5. The molecular formula is C17H24N2OS. The summed E-state index contributed by atoms with van der Waals surface area (Å²) in [6.07, 6.45) is 7.25. The van der Waals surface area contributed by atoms with Crippen molar-refractivity contribution in [3.8, 4) is 0 Å². The van der Waals surface area contributed by atoms with Gasteiger partial charge in [-0.05, 0) is 63.0 Å². The molecule has 1 heterocycles. The minimum absolute atomic E-state index is 0.0964. The number of hydrogen-bond donors (Lipinski definition) is 1. The molecule has 5 atom stereocenters. The number of thioether (sulfide) groups is 1. The molecule has 5 unspecified atom stereocenters. The number of amides is 1. The molecule has 3 rings (SSSR count). The second kappa shape index (κ2) is 6.39. The van der Waals surface area contributed by atoms with Crippen LogP contribution in [0.25, 0.3) is 0 Å². The molecule has 0 aliphatic heterocycles. The first-order valence-corrected chi connectivity index (χ1v) is 8.89. The van der Waals surface area contributed by atoms with Gasteiger partial charge in [-0.1, -0.05) is 24.2 Å². The lowest BCUT2D eigenvalue weighted by Gasteiger charge is -2.29. The van der Waals surface area contributed by atoms with Crippen molar-refractivity contribution < 1.29 is 4.79 Å². The normalized spacial score (nSPS) is 30.1. The standard InChI is InChI=1S/C17H24N2OS/c1-11(15-10-13-6-7-14(15)9-13)19-17(20)12(2)21-16-5-3-4-8-18-16/h3-5,8,11-15H,6-7,9-10H2,1-2H3,(H,19,20). The number of nitrogens with one attached hydrogen (secondary N) is 1. The van der Waals surface area contributed by atoms with Crippen LogP contribution in [0.1, 0.15) is 39.5 Å². The zero-order valence-corrected chi connectivity index (χ0v) is 13.6. The molecule has 1 aromatic heterocycles. The molecule has 0 aromatic carbocycles. The summed E-state index contributed by atoms with van der Waals surface area (Å²) >= 11 is 1.53. The Morgan fingerprint density at radius 2 is 2.19 bits per heavy atom. The summed E-state index contributed by atoms with van der Waals surface area (Å²) in [6.45, 7) is 4.14. The third-order valence-electron chi connectivity index (χ3n) is 5.11. The first kappa shape index (κ1) is 14.9. The van der Waals surface area contributed by atoms with Crippen LogP contribution in [0.15, 0.2) is 29.4 Å². The van der Waals surface area contributed by atoms with E-state index in [4.69, 9.17) is 0 Å². The maximum atomic E-state index is 12.4. The highest BCUT2D eigenvalue weighted by Crippen LogP contribution is 2.49. The molecule has 0 spiro atoms. The van der Waals surface area contributed by atoms with Crippen molar-refractivity contribution in [3.63, 3.8) is 0 Å². The van der Waals surface area contributed by atoms with Gasteiger partial charge in [-0.15, -0.1) is 0 Å². The summed E-state index contributed by atoms with van der Waals surface area (Å²) in [5, 5.41) is 4.05. The molecule has 114 valence electrons. The Labute approximate surface area is 131 Å². The maximum Gasteiger partial charge on any atom is 0.233 e. The third-order valence-corrected chi connectivity index (χ3v) is 6.16. The van der Waals surface area contributed by atoms with Crippen LogP contribution in [-0.4, -0.2) is 22.2 Å². The second-order valence-corrected chi connectivity index (χ2v) is 7.93. The number of aromatic nitrogens is 1. The molecule has 4 heteroatoms. The van der Waals surface area contributed by atoms with Crippen LogP contribution >= 0.6 is 11.8 Å². The Bertz CT molecular complexity index is 493. The summed E-state index contributed by atoms with van der Waals surface area (Å²) in [6, 6.07) is 6.11. The van der Waals surface area contributed by atoms with Crippen molar-refractivity contribution in [2.24, 2.45) is 17.8 Å². The van der Waals surface area contributed by atoms with Gasteiger partial charge < -0.3 is 5.32 Å². The van der Waals surface area contributed by atoms with E-state index in [2.05, 4.69) is 17.2 Å². The molecule has 2 bridgehead atoms. The molecule has 0 radical (unpaired) electrons. The lowest BCUT2D eigenvalue weighted by molar-refractivity contribution is -0.121. The predicted molar refractivity (Wildman–Crippen MR) is 86.1 cm³/mol. The molecular weight excluding hydrogens is 280 g/mol. The minimum atomic E-state index is -0.0964. The van der Waals surface area contributed by atoms with E-state index < -0.39 is 0 Å². The number of hydrogen-bond acceptors (Lipinski definition) is 3. The van der Waals surface area contributed by atoms with E-state index in [1.807, 2.05) is 25.1 Å². The molecule has 3 nitrogen and oxygen atoms in total. The molecule has 2 aliphatic rings. The summed E-state index contributed by atoms with van der Waals surface area (Å²) in [5.74, 6) is 2.62. The van der Waals surface area contributed by atoms with E-state index >= 15 is 0 Å². The Kier molecular flexibility index (Phi) is 4.53. The van der Waals surface area contributed by atoms with Gasteiger partial charge in [-0.2, -0.15) is 0 Å². The zero-order chi connectivity index (χ0) is 14.8. The Hall–Kier alpha value is -1.03. The van der Waals surface area contributed by atoms with Crippen LogP contribution in [0, 0.1) is 17.8 Å². The van der Waals surface area contributed by atoms with Crippen LogP contribution in [0.5, 0.6) is 0 Å². The monoisotopic (exact) mass is 304 g/mol. The van der Waals surface area contributed by atoms with Crippen LogP contribution in [-0.2, 0) is 4.79 Å². The number of carbonyl (C=O) groups is 1. The van der Waals surface area contributed by atoms with Crippen molar-refractivity contribution in [2.45, 2.75) is 55.8 Å². The van der Waals surface area contributed by atoms with E-state index in [0.29, 0.717) is 12.0 Å². The van der Waals surface area contributed by atoms with Gasteiger partial charge in [0.05, 0.1) is 10.3 Å². The lowest BCUT2D eigenvalue weighted by Crippen LogP contribution is -2.43. The summed E-state index contributed by atoms with van der Waals surface area (Å²) < 4.78 is 0. The molecule has 1 amide bonds. The molecule has 2 aliphatic carbocycles. The van der Waals surface area contributed by atoms with Crippen molar-refractivity contribution in [2.75, 3.05) is 0 Å². The lowest BCUT2D eigenvalue weighted by atomic mass is 9.84. The molecule has 2 fully saturated rings. The average Bonchev–Trinajstić information content (AvgIpc) is 3.11. The minimum Gasteiger partial charge on any atom is -0.352 e. The Balaban J connectivity index is 1.51. The topological polar surface area (TPSA) is 42.0 Å². The van der Waals surface area contributed by atoms with Gasteiger partial charge in [0, 0.05) is 12.2 Å². The first-order chi connectivity index (χ1) is 10.1. The molecule has 21 heavy (non-hydrogen) atoms. The third kappa shape index (κ3) is 3.42. The van der Waals surface area contributed by atoms with E-state index in [1.165, 1.54) is 37.4 Å². The zero-order valence-electron chi connectivity index (χ0n) is 12.8. The predicted octanol–water partition coefficient (Wildman–Crippen LogP) is 3.50. The van der Waals surface area contributed by atoms with Gasteiger partial charge in [0.1, 0.15) is 0 Å². The number of pyridine rings is 1. The first-order valence-electron chi connectivity index (χ1n) is 8.01. The number of carbonyl (C=O) groups excluding carboxylic acids is 1. The summed E-state index contributed by atoms with van der Waals surface area (Å²) in [5.41, 5.74) is 0. The quantitative estimate of drug-likeness (QED) is 0.847. The van der Waals surface area contributed by atoms with Crippen LogP contribution in [0.4, 0.5) is 0 Å². The Morgan fingerprint density at radius 1 is 1.33 bits per heavy atom. The number of nitrogens with zero attached hydrogens (tertiary/aromatic N) is 1. The largest absolute Gasteiger partial charge is 0.352 e. The SMILES string of the molecule is CC(Sc1ccccn1)C(=O)NC(C)C1CC2CCC1C2. The molecule has 2 saturated carbocycles. The van der Waals surface area contributed by atoms with Crippen molar-refractivity contribution in [1.29, 1.82) is 0 Å². The van der Waals surface area contributed by atoms with Gasteiger partial charge in [0.15, 0.2) is 0 Å². The fourth-order valence-corrected chi connectivity index (χ4v) is 4.82. The van der Waals surface area contributed by atoms with Crippen molar-refractivity contribution in [3.05, 3.63) is 24.4 Å². The van der Waals surface area contributed by atoms with E-state index in [0.717, 1.165) is 16.9 Å². The average molecular weight is 304 g/mol. The van der Waals surface area contributed by atoms with Crippen molar-refractivity contribution in [1.82, 2.24) is 10.3 Å². The fourth-order valence-electron chi connectivity index (χ4n) is 4.01. The summed E-state index contributed by atoms with van der Waals surface area (Å²) in [7, 11) is 0. The summed E-state index contributed by atoms with van der Waals surface area (Å²) in [4.78, 5) is 16.6. The van der Waals surface area contributed by atoms with Crippen LogP contribution < -0.4 is 5.32 Å². The van der Waals surface area contributed by atoms with Gasteiger partial charge in [0.2, 0.25) is 5.91 Å². The number of fused-ring (bicyclic) bond motifs is 2. The van der Waals surface area contributed by atoms with Crippen LogP contribution in [0.2, 0.25) is 0 Å². The van der Waals surface area contributed by atoms with Gasteiger partial charge in [0.25, 0.3) is 0 Å². The van der Waals surface area contributed by atoms with E-state index in [-0.39, 0.29) is 11.2 Å². The highest BCUT2D eigenvalue weighted by atomic mass is 32.2. The maximum absolute atomic E-state index is 12.4. The highest BCUT2D eigenvalue weighted by molar-refractivity contribution is 8.00. The van der Waals surface area contributed by atoms with Crippen LogP contribution in [0.3, 0.4) is 0 Å². The van der Waals surface area contributed by atoms with E-state index in [1.54, 1.807) is 6.20 Å². The van der Waals surface area contributed by atoms with Gasteiger partial charge in [-0.3, -0.25) is 4.79 Å². The highest BCUT2D eigenvalue weighted by Gasteiger charge is 2.42. The molecule has 1 aromatic rings. The smallest absolute Gasteiger partial charge is 0.233 e. The van der Waals surface area contributed by atoms with Gasteiger partial charge in [-0.25, -0.2) is 4.98 Å². The van der Waals surface area contributed by atoms with Gasteiger partial charge >= 0.3 is 0 Å². The fraction of sp³-hybridized carbons (Fsp3) is 0.647. The molecule has 0 saturated heterocycles. The van der Waals surface area contributed by atoms with Crippen molar-refractivity contribution >= 4 is 17.7 Å². The molecule has 1 N–H and O–H groups in total.